The van der Waals surface area contributed by atoms with Crippen LogP contribution in [0.1, 0.15) is 23.3 Å². The van der Waals surface area contributed by atoms with E-state index in [0.717, 1.165) is 22.5 Å². The lowest BCUT2D eigenvalue weighted by atomic mass is 9.97. The van der Waals surface area contributed by atoms with E-state index in [0.29, 0.717) is 0 Å². The molecule has 0 amide bonds. The average Bonchev–Trinajstić information content (AvgIpc) is 2.67. The van der Waals surface area contributed by atoms with Gasteiger partial charge in [-0.25, -0.2) is 15.8 Å². The van der Waals surface area contributed by atoms with Gasteiger partial charge in [-0.05, 0) is 31.2 Å². The van der Waals surface area contributed by atoms with Crippen LogP contribution in [0.4, 0.5) is 5.82 Å². The molecule has 0 aliphatic heterocycles. The zero-order chi connectivity index (χ0) is 10.3. The van der Waals surface area contributed by atoms with Crippen LogP contribution in [0.15, 0.2) is 6.33 Å². The van der Waals surface area contributed by atoms with Gasteiger partial charge in [0.05, 0.1) is 5.39 Å². The lowest BCUT2D eigenvalue weighted by Gasteiger charge is -2.11. The molecule has 3 rings (SSSR count). The number of aryl methyl sites for hydroxylation is 2. The minimum absolute atomic E-state index is 0. The van der Waals surface area contributed by atoms with Crippen LogP contribution in [0.5, 0.6) is 0 Å². The molecule has 0 saturated carbocycles. The Balaban J connectivity index is 0.000000963. The van der Waals surface area contributed by atoms with Crippen LogP contribution in [0.25, 0.3) is 10.2 Å². The van der Waals surface area contributed by atoms with Gasteiger partial charge in [0, 0.05) is 4.88 Å². The third-order valence-corrected chi connectivity index (χ3v) is 4.09. The number of hydrogen-bond donors (Lipinski definition) is 2. The summed E-state index contributed by atoms with van der Waals surface area (Å²) in [5.41, 5.74) is 4.07. The third-order valence-electron chi connectivity index (χ3n) is 2.89. The van der Waals surface area contributed by atoms with Crippen LogP contribution in [-0.4, -0.2) is 9.97 Å². The van der Waals surface area contributed by atoms with Crippen molar-refractivity contribution in [1.82, 2.24) is 9.97 Å². The normalized spacial score (nSPS) is 14.3. The van der Waals surface area contributed by atoms with E-state index in [2.05, 4.69) is 15.4 Å². The fourth-order valence-electron chi connectivity index (χ4n) is 2.20. The fourth-order valence-corrected chi connectivity index (χ4v) is 3.43. The second-order valence-electron chi connectivity index (χ2n) is 3.76. The first-order valence-electron chi connectivity index (χ1n) is 5.12. The Labute approximate surface area is 104 Å². The number of fused-ring (bicyclic) bond motifs is 3. The van der Waals surface area contributed by atoms with Gasteiger partial charge >= 0.3 is 0 Å². The molecule has 0 spiro atoms. The summed E-state index contributed by atoms with van der Waals surface area (Å²) in [4.78, 5) is 11.0. The molecule has 1 aliphatic carbocycles. The zero-order valence-corrected chi connectivity index (χ0v) is 10.3. The molecule has 0 fully saturated rings. The van der Waals surface area contributed by atoms with Crippen LogP contribution in [0.2, 0.25) is 0 Å². The molecule has 1 aliphatic rings. The Morgan fingerprint density at radius 1 is 1.25 bits per heavy atom. The molecule has 86 valence electrons. The summed E-state index contributed by atoms with van der Waals surface area (Å²) in [7, 11) is 0. The van der Waals surface area contributed by atoms with E-state index in [-0.39, 0.29) is 12.4 Å². The highest BCUT2D eigenvalue weighted by Crippen LogP contribution is 2.37. The standard InChI is InChI=1S/C10H12N4S.ClH/c11-14-9-8-6-3-1-2-4-7(6)15-10(8)13-5-12-9;/h5H,1-4,11H2,(H,12,13,14);1H. The number of nitrogens with one attached hydrogen (secondary N) is 1. The van der Waals surface area contributed by atoms with Gasteiger partial charge in [-0.3, -0.25) is 0 Å². The first kappa shape index (κ1) is 11.6. The number of nitrogen functional groups attached to an aromatic ring is 1. The van der Waals surface area contributed by atoms with Crippen molar-refractivity contribution < 1.29 is 0 Å². The number of thiophene rings is 1. The molecule has 4 nitrogen and oxygen atoms in total. The van der Waals surface area contributed by atoms with Crippen molar-refractivity contribution in [1.29, 1.82) is 0 Å². The maximum atomic E-state index is 5.47. The number of rotatable bonds is 1. The molecule has 16 heavy (non-hydrogen) atoms. The predicted molar refractivity (Wildman–Crippen MR) is 69.1 cm³/mol. The van der Waals surface area contributed by atoms with Gasteiger partial charge in [-0.2, -0.15) is 0 Å². The lowest BCUT2D eigenvalue weighted by molar-refractivity contribution is 0.700. The molecule has 6 heteroatoms. The Morgan fingerprint density at radius 3 is 2.88 bits per heavy atom. The maximum absolute atomic E-state index is 5.47. The summed E-state index contributed by atoms with van der Waals surface area (Å²) in [5, 5.41) is 1.14. The molecule has 2 heterocycles. The number of halogens is 1. The Morgan fingerprint density at radius 2 is 2.06 bits per heavy atom. The van der Waals surface area contributed by atoms with E-state index in [1.807, 2.05) is 0 Å². The molecule has 0 radical (unpaired) electrons. The first-order chi connectivity index (χ1) is 7.40. The number of hydrazine groups is 1. The van der Waals surface area contributed by atoms with Crippen molar-refractivity contribution in [2.24, 2.45) is 5.84 Å². The topological polar surface area (TPSA) is 63.8 Å². The maximum Gasteiger partial charge on any atom is 0.152 e. The molecular weight excluding hydrogens is 244 g/mol. The first-order valence-corrected chi connectivity index (χ1v) is 5.93. The molecule has 2 aromatic rings. The summed E-state index contributed by atoms with van der Waals surface area (Å²) in [6.07, 6.45) is 6.44. The number of nitrogens with two attached hydrogens (primary N) is 1. The molecule has 0 atom stereocenters. The van der Waals surface area contributed by atoms with Crippen LogP contribution in [-0.2, 0) is 12.8 Å². The molecule has 2 aromatic heterocycles. The van der Waals surface area contributed by atoms with Crippen molar-refractivity contribution in [2.45, 2.75) is 25.7 Å². The van der Waals surface area contributed by atoms with Crippen LogP contribution in [0, 0.1) is 0 Å². The van der Waals surface area contributed by atoms with Crippen LogP contribution in [0.3, 0.4) is 0 Å². The van der Waals surface area contributed by atoms with Gasteiger partial charge in [-0.1, -0.05) is 0 Å². The van der Waals surface area contributed by atoms with Crippen molar-refractivity contribution in [3.8, 4) is 0 Å². The molecule has 3 N–H and O–H groups in total. The van der Waals surface area contributed by atoms with Crippen molar-refractivity contribution in [2.75, 3.05) is 5.43 Å². The molecule has 0 bridgehead atoms. The monoisotopic (exact) mass is 256 g/mol. The summed E-state index contributed by atoms with van der Waals surface area (Å²) < 4.78 is 0. The van der Waals surface area contributed by atoms with Crippen molar-refractivity contribution >= 4 is 39.8 Å². The van der Waals surface area contributed by atoms with E-state index < -0.39 is 0 Å². The van der Waals surface area contributed by atoms with E-state index in [9.17, 15) is 0 Å². The van der Waals surface area contributed by atoms with E-state index >= 15 is 0 Å². The highest BCUT2D eigenvalue weighted by Gasteiger charge is 2.19. The smallest absolute Gasteiger partial charge is 0.152 e. The fraction of sp³-hybridized carbons (Fsp3) is 0.400. The highest BCUT2D eigenvalue weighted by molar-refractivity contribution is 7.19. The average molecular weight is 257 g/mol. The summed E-state index contributed by atoms with van der Waals surface area (Å²) in [6.45, 7) is 0. The lowest BCUT2D eigenvalue weighted by Crippen LogP contribution is -2.09. The SMILES string of the molecule is Cl.NNc1ncnc2sc3c(c12)CCCC3. The van der Waals surface area contributed by atoms with Gasteiger partial charge in [0.2, 0.25) is 0 Å². The van der Waals surface area contributed by atoms with Crippen molar-refractivity contribution in [3.05, 3.63) is 16.8 Å². The number of hydrogen-bond acceptors (Lipinski definition) is 5. The Bertz CT molecular complexity index is 511. The van der Waals surface area contributed by atoms with E-state index in [1.54, 1.807) is 17.7 Å². The third kappa shape index (κ3) is 1.65. The Hall–Kier alpha value is -0.910. The van der Waals surface area contributed by atoms with Gasteiger partial charge in [0.25, 0.3) is 0 Å². The highest BCUT2D eigenvalue weighted by atomic mass is 35.5. The minimum atomic E-state index is 0. The van der Waals surface area contributed by atoms with Crippen molar-refractivity contribution in [3.63, 3.8) is 0 Å². The summed E-state index contributed by atoms with van der Waals surface area (Å²) >= 11 is 1.78. The van der Waals surface area contributed by atoms with E-state index in [4.69, 9.17) is 5.84 Å². The predicted octanol–water partition coefficient (Wildman–Crippen LogP) is 2.28. The Kier molecular flexibility index (Phi) is 3.28. The van der Waals surface area contributed by atoms with Gasteiger partial charge < -0.3 is 5.43 Å². The van der Waals surface area contributed by atoms with Crippen LogP contribution >= 0.6 is 23.7 Å². The minimum Gasteiger partial charge on any atom is -0.308 e. The summed E-state index contributed by atoms with van der Waals surface area (Å²) in [6, 6.07) is 0. The number of nitrogens with zero attached hydrogens (tertiary/aromatic N) is 2. The van der Waals surface area contributed by atoms with Gasteiger partial charge in [0.1, 0.15) is 11.2 Å². The van der Waals surface area contributed by atoms with Gasteiger partial charge in [-0.15, -0.1) is 23.7 Å². The van der Waals surface area contributed by atoms with Gasteiger partial charge in [0.15, 0.2) is 5.82 Å². The van der Waals surface area contributed by atoms with E-state index in [1.165, 1.54) is 29.7 Å². The zero-order valence-electron chi connectivity index (χ0n) is 8.69. The quantitative estimate of drug-likeness (QED) is 0.607. The molecular formula is C10H13ClN4S. The molecule has 0 saturated heterocycles. The number of aromatic nitrogens is 2. The molecule has 0 aromatic carbocycles. The second-order valence-corrected chi connectivity index (χ2v) is 4.84. The summed E-state index contributed by atoms with van der Waals surface area (Å²) in [5.74, 6) is 6.24. The largest absolute Gasteiger partial charge is 0.308 e. The second kappa shape index (κ2) is 4.53. The number of anilines is 1. The van der Waals surface area contributed by atoms with Crippen LogP contribution < -0.4 is 11.3 Å². The molecule has 0 unspecified atom stereocenters.